The van der Waals surface area contributed by atoms with Gasteiger partial charge < -0.3 is 4.74 Å². The average molecular weight is 297 g/mol. The van der Waals surface area contributed by atoms with Gasteiger partial charge in [0, 0.05) is 0 Å². The first kappa shape index (κ1) is 16.9. The van der Waals surface area contributed by atoms with Gasteiger partial charge in [-0.25, -0.2) is 13.7 Å². The summed E-state index contributed by atoms with van der Waals surface area (Å²) in [6.45, 7) is 9.14. The molecule has 20 heavy (non-hydrogen) atoms. The fraction of sp³-hybridized carbons (Fsp3) is 0.533. The molecule has 2 atom stereocenters. The van der Waals surface area contributed by atoms with Crippen LogP contribution in [0.15, 0.2) is 30.3 Å². The highest BCUT2D eigenvalue weighted by Gasteiger charge is 2.29. The lowest BCUT2D eigenvalue weighted by molar-refractivity contribution is -0.149. The lowest BCUT2D eigenvalue weighted by Crippen LogP contribution is -2.39. The van der Waals surface area contributed by atoms with Crippen LogP contribution < -0.4 is 4.72 Å². The summed E-state index contributed by atoms with van der Waals surface area (Å²) < 4.78 is 19.9. The number of ether oxygens (including phenoxy) is 1. The normalized spacial score (nSPS) is 14.9. The van der Waals surface area contributed by atoms with E-state index in [-0.39, 0.29) is 6.10 Å². The van der Waals surface area contributed by atoms with Crippen molar-refractivity contribution in [3.8, 4) is 0 Å². The quantitative estimate of drug-likeness (QED) is 0.850. The van der Waals surface area contributed by atoms with E-state index in [1.807, 2.05) is 51.1 Å². The van der Waals surface area contributed by atoms with Crippen LogP contribution >= 0.6 is 0 Å². The molecule has 0 amide bonds. The van der Waals surface area contributed by atoms with Gasteiger partial charge in [0.05, 0.1) is 21.8 Å². The molecule has 4 nitrogen and oxygen atoms in total. The van der Waals surface area contributed by atoms with E-state index in [0.29, 0.717) is 0 Å². The molecular formula is C15H23NO3S. The van der Waals surface area contributed by atoms with Gasteiger partial charge in [-0.2, -0.15) is 0 Å². The minimum Gasteiger partial charge on any atom is -0.462 e. The van der Waals surface area contributed by atoms with E-state index >= 15 is 0 Å². The molecule has 0 spiro atoms. The Hall–Kier alpha value is -1.20. The van der Waals surface area contributed by atoms with Crippen LogP contribution in [0.25, 0.3) is 0 Å². The second-order valence-electron chi connectivity index (χ2n) is 5.83. The number of esters is 1. The molecule has 0 radical (unpaired) electrons. The first-order chi connectivity index (χ1) is 9.21. The van der Waals surface area contributed by atoms with Gasteiger partial charge in [0.2, 0.25) is 0 Å². The van der Waals surface area contributed by atoms with Gasteiger partial charge in [-0.05, 0) is 40.2 Å². The third-order valence-electron chi connectivity index (χ3n) is 2.50. The number of nitrogens with one attached hydrogen (secondary N) is 1. The summed E-state index contributed by atoms with van der Waals surface area (Å²) in [6.07, 6.45) is -0.210. The molecule has 0 aliphatic rings. The molecule has 1 N–H and O–H groups in total. The predicted octanol–water partition coefficient (Wildman–Crippen LogP) is 2.73. The Balaban J connectivity index is 2.97. The zero-order valence-corrected chi connectivity index (χ0v) is 13.5. The summed E-state index contributed by atoms with van der Waals surface area (Å²) >= 11 is 0. The molecule has 1 aromatic rings. The summed E-state index contributed by atoms with van der Waals surface area (Å²) in [4.78, 5) is 12.2. The first-order valence-corrected chi connectivity index (χ1v) is 7.80. The first-order valence-electron chi connectivity index (χ1n) is 6.65. The molecule has 1 rings (SSSR count). The minimum atomic E-state index is -1.35. The molecule has 0 aliphatic carbocycles. The lowest BCUT2D eigenvalue weighted by Gasteiger charge is -2.24. The van der Waals surface area contributed by atoms with Gasteiger partial charge in [-0.3, -0.25) is 0 Å². The molecule has 0 saturated heterocycles. The maximum absolute atomic E-state index is 12.2. The topological polar surface area (TPSA) is 55.4 Å². The highest BCUT2D eigenvalue weighted by atomic mass is 32.2. The summed E-state index contributed by atoms with van der Waals surface area (Å²) in [7, 11) is -1.35. The lowest BCUT2D eigenvalue weighted by atomic mass is 10.1. The van der Waals surface area contributed by atoms with Gasteiger partial charge in [-0.1, -0.05) is 30.3 Å². The van der Waals surface area contributed by atoms with Crippen molar-refractivity contribution < 1.29 is 13.7 Å². The monoisotopic (exact) mass is 297 g/mol. The Labute approximate surface area is 123 Å². The Morgan fingerprint density at radius 3 is 2.20 bits per heavy atom. The molecule has 112 valence electrons. The van der Waals surface area contributed by atoms with Gasteiger partial charge >= 0.3 is 5.97 Å². The smallest absolute Gasteiger partial charge is 0.328 e. The van der Waals surface area contributed by atoms with Crippen molar-refractivity contribution in [3.05, 3.63) is 35.9 Å². The van der Waals surface area contributed by atoms with Gasteiger partial charge in [-0.15, -0.1) is 0 Å². The van der Waals surface area contributed by atoms with Crippen molar-refractivity contribution in [1.29, 1.82) is 0 Å². The van der Waals surface area contributed by atoms with Crippen LogP contribution in [0, 0.1) is 0 Å². The zero-order chi connectivity index (χ0) is 15.3. The van der Waals surface area contributed by atoms with Crippen LogP contribution in [-0.2, 0) is 20.5 Å². The zero-order valence-electron chi connectivity index (χ0n) is 12.7. The van der Waals surface area contributed by atoms with Crippen LogP contribution in [-0.4, -0.2) is 21.0 Å². The van der Waals surface area contributed by atoms with E-state index in [0.717, 1.165) is 5.56 Å². The standard InChI is InChI=1S/C15H23NO3S/c1-11(2)19-14(17)13(12-9-7-6-8-10-12)16-20(18)15(3,4)5/h6-11,13,16H,1-5H3. The molecule has 0 heterocycles. The third-order valence-corrected chi connectivity index (χ3v) is 4.06. The molecular weight excluding hydrogens is 274 g/mol. The van der Waals surface area contributed by atoms with Crippen molar-refractivity contribution in [2.24, 2.45) is 0 Å². The van der Waals surface area contributed by atoms with Crippen LogP contribution in [0.2, 0.25) is 0 Å². The van der Waals surface area contributed by atoms with Crippen molar-refractivity contribution >= 4 is 17.0 Å². The van der Waals surface area contributed by atoms with E-state index in [9.17, 15) is 9.00 Å². The number of carbonyl (C=O) groups is 1. The molecule has 0 saturated carbocycles. The molecule has 0 aliphatic heterocycles. The Kier molecular flexibility index (Phi) is 5.89. The summed E-state index contributed by atoms with van der Waals surface area (Å²) in [5.74, 6) is -0.413. The van der Waals surface area contributed by atoms with Crippen LogP contribution in [0.5, 0.6) is 0 Å². The largest absolute Gasteiger partial charge is 0.462 e. The maximum Gasteiger partial charge on any atom is 0.328 e. The molecule has 5 heteroatoms. The molecule has 0 bridgehead atoms. The summed E-state index contributed by atoms with van der Waals surface area (Å²) in [6, 6.07) is 8.46. The second kappa shape index (κ2) is 6.99. The Bertz CT molecular complexity index is 466. The highest BCUT2D eigenvalue weighted by Crippen LogP contribution is 2.19. The molecule has 2 unspecified atom stereocenters. The van der Waals surface area contributed by atoms with Gasteiger partial charge in [0.25, 0.3) is 0 Å². The third kappa shape index (κ3) is 5.06. The number of hydrogen-bond donors (Lipinski definition) is 1. The molecule has 0 aromatic heterocycles. The number of carbonyl (C=O) groups excluding carboxylic acids is 1. The van der Waals surface area contributed by atoms with Crippen molar-refractivity contribution in [2.45, 2.75) is 51.5 Å². The van der Waals surface area contributed by atoms with Crippen molar-refractivity contribution in [3.63, 3.8) is 0 Å². The second-order valence-corrected chi connectivity index (χ2v) is 7.83. The van der Waals surface area contributed by atoms with E-state index in [1.54, 1.807) is 13.8 Å². The Morgan fingerprint density at radius 2 is 1.75 bits per heavy atom. The average Bonchev–Trinajstić information content (AvgIpc) is 2.34. The minimum absolute atomic E-state index is 0.210. The number of benzene rings is 1. The van der Waals surface area contributed by atoms with E-state index < -0.39 is 27.7 Å². The highest BCUT2D eigenvalue weighted by molar-refractivity contribution is 7.84. The van der Waals surface area contributed by atoms with Gasteiger partial charge in [0.1, 0.15) is 6.04 Å². The molecule has 1 aromatic carbocycles. The van der Waals surface area contributed by atoms with E-state index in [1.165, 1.54) is 0 Å². The van der Waals surface area contributed by atoms with Crippen molar-refractivity contribution in [2.75, 3.05) is 0 Å². The number of rotatable bonds is 5. The summed E-state index contributed by atoms with van der Waals surface area (Å²) in [5.41, 5.74) is 0.746. The van der Waals surface area contributed by atoms with E-state index in [4.69, 9.17) is 4.74 Å². The SMILES string of the molecule is CC(C)OC(=O)C(NS(=O)C(C)(C)C)c1ccccc1. The maximum atomic E-state index is 12.2. The molecule has 0 fully saturated rings. The number of hydrogen-bond acceptors (Lipinski definition) is 3. The fourth-order valence-corrected chi connectivity index (χ4v) is 2.28. The predicted molar refractivity (Wildman–Crippen MR) is 81.4 cm³/mol. The summed E-state index contributed by atoms with van der Waals surface area (Å²) in [5, 5.41) is 0. The van der Waals surface area contributed by atoms with Crippen LogP contribution in [0.1, 0.15) is 46.2 Å². The Morgan fingerprint density at radius 1 is 1.20 bits per heavy atom. The van der Waals surface area contributed by atoms with Crippen LogP contribution in [0.3, 0.4) is 0 Å². The van der Waals surface area contributed by atoms with Crippen molar-refractivity contribution in [1.82, 2.24) is 4.72 Å². The van der Waals surface area contributed by atoms with Crippen LogP contribution in [0.4, 0.5) is 0 Å². The fourth-order valence-electron chi connectivity index (χ4n) is 1.48. The van der Waals surface area contributed by atoms with Gasteiger partial charge in [0.15, 0.2) is 0 Å². The van der Waals surface area contributed by atoms with E-state index in [2.05, 4.69) is 4.72 Å².